The van der Waals surface area contributed by atoms with E-state index < -0.39 is 17.7 Å². The maximum Gasteiger partial charge on any atom is 0.382 e. The standard InChI is InChI=1S/C10H8O4.Co/c1-7(11)9(12)14-10(13)8-5-3-2-4-6-8;/h2-6H,1H3;. The van der Waals surface area contributed by atoms with E-state index in [1.165, 1.54) is 12.1 Å². The minimum atomic E-state index is -1.14. The molecule has 0 amide bonds. The van der Waals surface area contributed by atoms with Gasteiger partial charge in [0, 0.05) is 23.7 Å². The number of ether oxygens (including phenoxy) is 1. The van der Waals surface area contributed by atoms with Crippen LogP contribution in [0.2, 0.25) is 0 Å². The summed E-state index contributed by atoms with van der Waals surface area (Å²) in [5.41, 5.74) is 0.238. The Balaban J connectivity index is 0.00000196. The topological polar surface area (TPSA) is 60.4 Å². The largest absolute Gasteiger partial charge is 0.384 e. The number of ketones is 1. The van der Waals surface area contributed by atoms with E-state index in [1.807, 2.05) is 0 Å². The Bertz CT molecular complexity index is 372. The maximum atomic E-state index is 11.2. The van der Waals surface area contributed by atoms with Crippen LogP contribution in [0.15, 0.2) is 30.3 Å². The zero-order valence-electron chi connectivity index (χ0n) is 7.85. The molecule has 0 aliphatic heterocycles. The summed E-state index contributed by atoms with van der Waals surface area (Å²) in [6, 6.07) is 7.98. The molecule has 0 saturated heterocycles. The molecule has 1 aromatic carbocycles. The average Bonchev–Trinajstić information content (AvgIpc) is 2.19. The van der Waals surface area contributed by atoms with Gasteiger partial charge in [-0.1, -0.05) is 18.2 Å². The molecule has 0 bridgehead atoms. The molecule has 0 aliphatic rings. The van der Waals surface area contributed by atoms with E-state index in [9.17, 15) is 14.4 Å². The first kappa shape index (κ1) is 13.5. The van der Waals surface area contributed by atoms with Gasteiger partial charge in [0.15, 0.2) is 0 Å². The molecule has 5 heteroatoms. The van der Waals surface area contributed by atoms with Gasteiger partial charge in [0.1, 0.15) is 0 Å². The van der Waals surface area contributed by atoms with Gasteiger partial charge in [-0.15, -0.1) is 0 Å². The number of hydrogen-bond donors (Lipinski definition) is 0. The van der Waals surface area contributed by atoms with E-state index in [4.69, 9.17) is 0 Å². The predicted octanol–water partition coefficient (Wildman–Crippen LogP) is 0.957. The van der Waals surface area contributed by atoms with Crippen molar-refractivity contribution >= 4 is 17.7 Å². The van der Waals surface area contributed by atoms with Crippen molar-refractivity contribution in [3.05, 3.63) is 35.9 Å². The first-order valence-corrected chi connectivity index (χ1v) is 3.93. The van der Waals surface area contributed by atoms with Crippen LogP contribution in [0.5, 0.6) is 0 Å². The third kappa shape index (κ3) is 4.05. The van der Waals surface area contributed by atoms with E-state index in [0.717, 1.165) is 6.92 Å². The van der Waals surface area contributed by atoms with Gasteiger partial charge in [0.2, 0.25) is 5.78 Å². The summed E-state index contributed by atoms with van der Waals surface area (Å²) < 4.78 is 4.27. The minimum Gasteiger partial charge on any atom is -0.384 e. The summed E-state index contributed by atoms with van der Waals surface area (Å²) in [5, 5.41) is 0. The van der Waals surface area contributed by atoms with Crippen LogP contribution in [0.3, 0.4) is 0 Å². The molecule has 0 saturated carbocycles. The average molecular weight is 251 g/mol. The Hall–Kier alpha value is -1.46. The zero-order chi connectivity index (χ0) is 10.6. The van der Waals surface area contributed by atoms with Crippen molar-refractivity contribution in [2.75, 3.05) is 0 Å². The van der Waals surface area contributed by atoms with Gasteiger partial charge in [-0.05, 0) is 12.1 Å². The first-order valence-electron chi connectivity index (χ1n) is 3.93. The van der Waals surface area contributed by atoms with E-state index in [2.05, 4.69) is 4.74 Å². The van der Waals surface area contributed by atoms with Crippen molar-refractivity contribution in [3.63, 3.8) is 0 Å². The van der Waals surface area contributed by atoms with Crippen LogP contribution in [0.1, 0.15) is 17.3 Å². The first-order chi connectivity index (χ1) is 6.61. The van der Waals surface area contributed by atoms with Crippen LogP contribution < -0.4 is 0 Å². The third-order valence-electron chi connectivity index (χ3n) is 1.48. The molecule has 0 aromatic heterocycles. The Morgan fingerprint density at radius 2 is 1.60 bits per heavy atom. The van der Waals surface area contributed by atoms with E-state index >= 15 is 0 Å². The fraction of sp³-hybridized carbons (Fsp3) is 0.100. The number of carbonyl (C=O) groups excluding carboxylic acids is 3. The second-order valence-electron chi connectivity index (χ2n) is 2.60. The molecule has 0 unspecified atom stereocenters. The molecule has 81 valence electrons. The summed E-state index contributed by atoms with van der Waals surface area (Å²) in [4.78, 5) is 32.4. The van der Waals surface area contributed by atoms with Crippen LogP contribution in [0.25, 0.3) is 0 Å². The Labute approximate surface area is 96.8 Å². The number of hydrogen-bond acceptors (Lipinski definition) is 4. The second-order valence-corrected chi connectivity index (χ2v) is 2.60. The summed E-state index contributed by atoms with van der Waals surface area (Å²) >= 11 is 0. The monoisotopic (exact) mass is 251 g/mol. The van der Waals surface area contributed by atoms with E-state index in [0.29, 0.717) is 0 Å². The number of carbonyl (C=O) groups is 3. The van der Waals surface area contributed by atoms with Gasteiger partial charge in [-0.2, -0.15) is 0 Å². The summed E-state index contributed by atoms with van der Waals surface area (Å²) in [6.45, 7) is 1.04. The van der Waals surface area contributed by atoms with Crippen LogP contribution in [0.4, 0.5) is 0 Å². The molecule has 0 aliphatic carbocycles. The molecule has 0 heterocycles. The SMILES string of the molecule is CC(=O)C(=O)OC(=O)c1ccccc1.[Co]. The molecule has 15 heavy (non-hydrogen) atoms. The number of benzene rings is 1. The summed E-state index contributed by atoms with van der Waals surface area (Å²) in [5.74, 6) is -2.75. The van der Waals surface area contributed by atoms with Gasteiger partial charge in [0.05, 0.1) is 5.56 Å². The third-order valence-corrected chi connectivity index (χ3v) is 1.48. The van der Waals surface area contributed by atoms with Gasteiger partial charge in [-0.25, -0.2) is 9.59 Å². The smallest absolute Gasteiger partial charge is 0.382 e. The molecule has 0 spiro atoms. The Kier molecular flexibility index (Phi) is 5.51. The zero-order valence-corrected chi connectivity index (χ0v) is 8.89. The Morgan fingerprint density at radius 1 is 1.07 bits per heavy atom. The number of esters is 2. The summed E-state index contributed by atoms with van der Waals surface area (Å²) in [7, 11) is 0. The normalized spacial score (nSPS) is 8.60. The van der Waals surface area contributed by atoms with Gasteiger partial charge >= 0.3 is 11.9 Å². The molecule has 1 aromatic rings. The molecule has 0 atom stereocenters. The van der Waals surface area contributed by atoms with Gasteiger partial charge < -0.3 is 4.74 Å². The predicted molar refractivity (Wildman–Crippen MR) is 47.5 cm³/mol. The van der Waals surface area contributed by atoms with Crippen LogP contribution in [-0.2, 0) is 31.1 Å². The van der Waals surface area contributed by atoms with E-state index in [1.54, 1.807) is 18.2 Å². The summed E-state index contributed by atoms with van der Waals surface area (Å²) in [6.07, 6.45) is 0. The molecule has 1 rings (SSSR count). The van der Waals surface area contributed by atoms with E-state index in [-0.39, 0.29) is 22.3 Å². The number of rotatable bonds is 2. The molecular formula is C10H8CoO4. The van der Waals surface area contributed by atoms with Crippen molar-refractivity contribution in [2.24, 2.45) is 0 Å². The quantitative estimate of drug-likeness (QED) is 0.446. The van der Waals surface area contributed by atoms with Crippen LogP contribution in [0, 0.1) is 0 Å². The van der Waals surface area contributed by atoms with Gasteiger partial charge in [-0.3, -0.25) is 4.79 Å². The second kappa shape index (κ2) is 6.10. The van der Waals surface area contributed by atoms with Crippen molar-refractivity contribution in [3.8, 4) is 0 Å². The van der Waals surface area contributed by atoms with Crippen molar-refractivity contribution in [1.82, 2.24) is 0 Å². The molecule has 0 N–H and O–H groups in total. The van der Waals surface area contributed by atoms with Crippen molar-refractivity contribution in [2.45, 2.75) is 6.92 Å². The molecular weight excluding hydrogens is 243 g/mol. The molecule has 4 nitrogen and oxygen atoms in total. The Morgan fingerprint density at radius 3 is 2.07 bits per heavy atom. The molecule has 0 fully saturated rings. The molecule has 1 radical (unpaired) electrons. The fourth-order valence-corrected chi connectivity index (χ4v) is 0.789. The fourth-order valence-electron chi connectivity index (χ4n) is 0.789. The van der Waals surface area contributed by atoms with Crippen LogP contribution in [-0.4, -0.2) is 17.7 Å². The maximum absolute atomic E-state index is 11.2. The number of Topliss-reactive ketones (excluding diaryl/α,β-unsaturated/α-hetero) is 1. The van der Waals surface area contributed by atoms with Crippen LogP contribution >= 0.6 is 0 Å². The van der Waals surface area contributed by atoms with Gasteiger partial charge in [0.25, 0.3) is 0 Å². The van der Waals surface area contributed by atoms with Crippen molar-refractivity contribution < 1.29 is 35.9 Å². The van der Waals surface area contributed by atoms with Crippen molar-refractivity contribution in [1.29, 1.82) is 0 Å². The minimum absolute atomic E-state index is 0.